The summed E-state index contributed by atoms with van der Waals surface area (Å²) in [6.07, 6.45) is -0.486. The molecule has 0 bridgehead atoms. The zero-order valence-corrected chi connectivity index (χ0v) is 16.0. The van der Waals surface area contributed by atoms with Gasteiger partial charge in [0.2, 0.25) is 0 Å². The van der Waals surface area contributed by atoms with Gasteiger partial charge < -0.3 is 4.74 Å². The maximum Gasteiger partial charge on any atom is 0.411 e. The topological polar surface area (TPSA) is 97.7 Å². The quantitative estimate of drug-likeness (QED) is 0.580. The molecule has 0 aliphatic rings. The summed E-state index contributed by atoms with van der Waals surface area (Å²) >= 11 is 0. The lowest BCUT2D eigenvalue weighted by Gasteiger charge is -2.16. The lowest BCUT2D eigenvalue weighted by atomic mass is 9.93. The number of benzene rings is 2. The first-order chi connectivity index (χ1) is 13.3. The molecular weight excluding hydrogens is 360 g/mol. The van der Waals surface area contributed by atoms with Crippen LogP contribution in [0.15, 0.2) is 48.5 Å². The van der Waals surface area contributed by atoms with Crippen LogP contribution in [0.25, 0.3) is 0 Å². The highest BCUT2D eigenvalue weighted by atomic mass is 17.2. The summed E-state index contributed by atoms with van der Waals surface area (Å²) in [7, 11) is 0. The van der Waals surface area contributed by atoms with Crippen LogP contribution in [-0.2, 0) is 21.0 Å². The van der Waals surface area contributed by atoms with Crippen LogP contribution >= 0.6 is 0 Å². The van der Waals surface area contributed by atoms with Crippen LogP contribution in [0, 0.1) is 16.7 Å². The van der Waals surface area contributed by atoms with Crippen molar-refractivity contribution in [1.29, 1.82) is 5.26 Å². The van der Waals surface area contributed by atoms with Crippen LogP contribution in [0.2, 0.25) is 0 Å². The van der Waals surface area contributed by atoms with Crippen molar-refractivity contribution in [3.8, 4) is 11.8 Å². The van der Waals surface area contributed by atoms with E-state index in [1.54, 1.807) is 0 Å². The number of hydrogen-bond acceptors (Lipinski definition) is 6. The molecule has 7 nitrogen and oxygen atoms in total. The highest BCUT2D eigenvalue weighted by molar-refractivity contribution is 5.85. The van der Waals surface area contributed by atoms with Crippen molar-refractivity contribution in [2.45, 2.75) is 33.8 Å². The van der Waals surface area contributed by atoms with Gasteiger partial charge in [0.05, 0.1) is 6.42 Å². The van der Waals surface area contributed by atoms with Crippen LogP contribution in [0.5, 0.6) is 5.75 Å². The lowest BCUT2D eigenvalue weighted by molar-refractivity contribution is -0.215. The van der Waals surface area contributed by atoms with Gasteiger partial charge in [-0.1, -0.05) is 51.1 Å². The second kappa shape index (κ2) is 9.42. The maximum atomic E-state index is 11.9. The molecule has 0 aliphatic heterocycles. The van der Waals surface area contributed by atoms with Crippen molar-refractivity contribution in [3.63, 3.8) is 0 Å². The molecule has 0 atom stereocenters. The summed E-state index contributed by atoms with van der Waals surface area (Å²) in [6.45, 7) is 5.81. The molecule has 0 fully saturated rings. The number of anilines is 1. The van der Waals surface area contributed by atoms with Crippen LogP contribution in [0.4, 0.5) is 10.5 Å². The zero-order valence-electron chi connectivity index (χ0n) is 16.0. The van der Waals surface area contributed by atoms with Gasteiger partial charge in [-0.2, -0.15) is 5.26 Å². The maximum absolute atomic E-state index is 11.9. The molecule has 28 heavy (non-hydrogen) atoms. The molecule has 146 valence electrons. The monoisotopic (exact) mass is 382 g/mol. The van der Waals surface area contributed by atoms with E-state index in [4.69, 9.17) is 14.5 Å². The van der Waals surface area contributed by atoms with Gasteiger partial charge in [-0.15, -0.1) is 0 Å². The highest BCUT2D eigenvalue weighted by Gasteiger charge is 2.19. The van der Waals surface area contributed by atoms with E-state index in [1.807, 2.05) is 57.2 Å². The molecule has 0 aliphatic carbocycles. The average molecular weight is 382 g/mol. The Hall–Kier alpha value is -3.53. The van der Waals surface area contributed by atoms with Crippen LogP contribution in [0.3, 0.4) is 0 Å². The van der Waals surface area contributed by atoms with E-state index in [2.05, 4.69) is 5.32 Å². The second-order valence-electron chi connectivity index (χ2n) is 7.29. The van der Waals surface area contributed by atoms with Gasteiger partial charge in [-0.25, -0.2) is 9.59 Å². The van der Waals surface area contributed by atoms with Crippen LogP contribution < -0.4 is 10.2 Å². The Balaban J connectivity index is 1.92. The molecule has 0 aromatic heterocycles. The third kappa shape index (κ3) is 7.00. The number of carbonyl (C=O) groups is 2. The number of ether oxygens (including phenoxy) is 1. The highest BCUT2D eigenvalue weighted by Crippen LogP contribution is 2.24. The number of rotatable bonds is 6. The first kappa shape index (κ1) is 20.8. The van der Waals surface area contributed by atoms with Gasteiger partial charge in [-0.05, 0) is 29.2 Å². The smallest absolute Gasteiger partial charge is 0.411 e. The van der Waals surface area contributed by atoms with Gasteiger partial charge in [0.15, 0.2) is 5.75 Å². The van der Waals surface area contributed by atoms with E-state index in [1.165, 1.54) is 18.2 Å². The molecular formula is C21H22N2O5. The van der Waals surface area contributed by atoms with Crippen molar-refractivity contribution in [3.05, 3.63) is 59.7 Å². The number of carbonyl (C=O) groups excluding carboxylic acids is 2. The molecule has 7 heteroatoms. The Morgan fingerprint density at radius 2 is 1.82 bits per heavy atom. The largest absolute Gasteiger partial charge is 0.444 e. The Labute approximate surface area is 163 Å². The second-order valence-corrected chi connectivity index (χ2v) is 7.29. The number of nitriles is 1. The summed E-state index contributed by atoms with van der Waals surface area (Å²) in [5.41, 5.74) is 1.07. The fourth-order valence-corrected chi connectivity index (χ4v) is 2.20. The summed E-state index contributed by atoms with van der Waals surface area (Å²) in [4.78, 5) is 33.4. The van der Waals surface area contributed by atoms with E-state index in [0.717, 1.165) is 5.56 Å². The lowest BCUT2D eigenvalue weighted by Crippen LogP contribution is -2.17. The Kier molecular flexibility index (Phi) is 6.99. The third-order valence-electron chi connectivity index (χ3n) is 3.46. The standard InChI is InChI=1S/C21H22N2O5/c1-21(2,3)12-19(24)28-27-18-10-9-17(11-16(18)13-22)23-20(25)26-14-15-7-5-4-6-8-15/h4-11H,12,14H2,1-3H3,(H,23,25). The molecule has 2 aromatic rings. The van der Waals surface area contributed by atoms with Gasteiger partial charge in [0.1, 0.15) is 18.2 Å². The summed E-state index contributed by atoms with van der Waals surface area (Å²) < 4.78 is 5.13. The van der Waals surface area contributed by atoms with Crippen molar-refractivity contribution in [2.24, 2.45) is 5.41 Å². The average Bonchev–Trinajstić information content (AvgIpc) is 2.64. The predicted octanol–water partition coefficient (Wildman–Crippen LogP) is 4.58. The first-order valence-electron chi connectivity index (χ1n) is 8.66. The minimum absolute atomic E-state index is 0.0768. The van der Waals surface area contributed by atoms with E-state index >= 15 is 0 Å². The minimum Gasteiger partial charge on any atom is -0.444 e. The molecule has 0 saturated carbocycles. The van der Waals surface area contributed by atoms with Gasteiger partial charge in [0.25, 0.3) is 0 Å². The van der Waals surface area contributed by atoms with Gasteiger partial charge >= 0.3 is 12.1 Å². The fraction of sp³-hybridized carbons (Fsp3) is 0.286. The normalized spacial score (nSPS) is 10.5. The van der Waals surface area contributed by atoms with Crippen molar-refractivity contribution in [2.75, 3.05) is 5.32 Å². The number of nitrogens with zero attached hydrogens (tertiary/aromatic N) is 1. The van der Waals surface area contributed by atoms with Crippen molar-refractivity contribution in [1.82, 2.24) is 0 Å². The summed E-state index contributed by atoms with van der Waals surface area (Å²) in [5.74, 6) is -0.462. The molecule has 0 unspecified atom stereocenters. The van der Waals surface area contributed by atoms with E-state index in [9.17, 15) is 14.9 Å². The Morgan fingerprint density at radius 1 is 1.11 bits per heavy atom. The number of hydrogen-bond donors (Lipinski definition) is 1. The first-order valence-corrected chi connectivity index (χ1v) is 8.66. The molecule has 1 amide bonds. The van der Waals surface area contributed by atoms with E-state index in [0.29, 0.717) is 5.69 Å². The molecule has 0 spiro atoms. The minimum atomic E-state index is -0.655. The summed E-state index contributed by atoms with van der Waals surface area (Å²) in [6, 6.07) is 15.5. The third-order valence-corrected chi connectivity index (χ3v) is 3.46. The van der Waals surface area contributed by atoms with Crippen LogP contribution in [-0.4, -0.2) is 12.1 Å². The number of amides is 1. The molecule has 0 heterocycles. The SMILES string of the molecule is CC(C)(C)CC(=O)OOc1ccc(NC(=O)OCc2ccccc2)cc1C#N. The van der Waals surface area contributed by atoms with Gasteiger partial charge in [0, 0.05) is 5.69 Å². The van der Waals surface area contributed by atoms with Crippen LogP contribution in [0.1, 0.15) is 38.3 Å². The molecule has 0 radical (unpaired) electrons. The molecule has 2 rings (SSSR count). The number of nitrogens with one attached hydrogen (secondary N) is 1. The molecule has 2 aromatic carbocycles. The summed E-state index contributed by atoms with van der Waals surface area (Å²) in [5, 5.41) is 11.8. The van der Waals surface area contributed by atoms with Crippen molar-refractivity contribution >= 4 is 17.7 Å². The molecule has 0 saturated heterocycles. The fourth-order valence-electron chi connectivity index (χ4n) is 2.20. The van der Waals surface area contributed by atoms with E-state index < -0.39 is 12.1 Å². The Bertz CT molecular complexity index is 867. The van der Waals surface area contributed by atoms with E-state index in [-0.39, 0.29) is 29.8 Å². The van der Waals surface area contributed by atoms with Crippen molar-refractivity contribution < 1.29 is 24.1 Å². The molecule has 1 N–H and O–H groups in total. The predicted molar refractivity (Wildman–Crippen MR) is 102 cm³/mol. The Morgan fingerprint density at radius 3 is 2.46 bits per heavy atom. The zero-order chi connectivity index (χ0) is 20.6. The van der Waals surface area contributed by atoms with Gasteiger partial charge in [-0.3, -0.25) is 15.1 Å².